The van der Waals surface area contributed by atoms with Gasteiger partial charge >= 0.3 is 0 Å². The largest absolute Gasteiger partial charge is 0.337 e. The molecule has 2 aromatic heterocycles. The predicted octanol–water partition coefficient (Wildman–Crippen LogP) is 5.00. The first-order valence-corrected chi connectivity index (χ1v) is 11.7. The Balaban J connectivity index is 1.58. The SMILES string of the molecule is Cc1ccc(-c2csc3ncn(CCC(=O)N(C(C)C)C4CCCC4)c(=O)c23)cc1. The van der Waals surface area contributed by atoms with Crippen LogP contribution < -0.4 is 5.56 Å². The number of hydrogen-bond acceptors (Lipinski definition) is 4. The van der Waals surface area contributed by atoms with Crippen molar-refractivity contribution in [1.82, 2.24) is 14.5 Å². The van der Waals surface area contributed by atoms with Gasteiger partial charge in [0.1, 0.15) is 4.83 Å². The highest BCUT2D eigenvalue weighted by Crippen LogP contribution is 2.31. The van der Waals surface area contributed by atoms with Crippen LogP contribution in [0, 0.1) is 6.92 Å². The molecule has 0 unspecified atom stereocenters. The Morgan fingerprint density at radius 2 is 1.93 bits per heavy atom. The summed E-state index contributed by atoms with van der Waals surface area (Å²) in [5, 5.41) is 2.65. The molecule has 1 amide bonds. The third-order valence-corrected chi connectivity index (χ3v) is 6.94. The van der Waals surface area contributed by atoms with Crippen molar-refractivity contribution >= 4 is 27.5 Å². The molecule has 0 bridgehead atoms. The maximum atomic E-state index is 13.2. The average Bonchev–Trinajstić information content (AvgIpc) is 3.38. The summed E-state index contributed by atoms with van der Waals surface area (Å²) < 4.78 is 1.60. The molecule has 0 atom stereocenters. The van der Waals surface area contributed by atoms with Crippen molar-refractivity contribution in [2.45, 2.75) is 71.5 Å². The van der Waals surface area contributed by atoms with Crippen molar-refractivity contribution in [3.05, 3.63) is 51.9 Å². The van der Waals surface area contributed by atoms with Crippen LogP contribution in [-0.2, 0) is 11.3 Å². The second-order valence-corrected chi connectivity index (χ2v) is 9.38. The third kappa shape index (κ3) is 4.06. The number of hydrogen-bond donors (Lipinski definition) is 0. The van der Waals surface area contributed by atoms with Gasteiger partial charge in [-0.25, -0.2) is 4.98 Å². The molecule has 1 saturated carbocycles. The predicted molar refractivity (Wildman–Crippen MR) is 123 cm³/mol. The summed E-state index contributed by atoms with van der Waals surface area (Å²) in [4.78, 5) is 33.5. The van der Waals surface area contributed by atoms with E-state index in [-0.39, 0.29) is 17.5 Å². The molecular weight excluding hydrogens is 394 g/mol. The van der Waals surface area contributed by atoms with E-state index in [1.54, 1.807) is 10.9 Å². The minimum Gasteiger partial charge on any atom is -0.337 e. The number of amides is 1. The summed E-state index contributed by atoms with van der Waals surface area (Å²) in [5.41, 5.74) is 3.06. The fraction of sp³-hybridized carbons (Fsp3) is 0.458. The molecule has 1 fully saturated rings. The minimum atomic E-state index is -0.0680. The number of aryl methyl sites for hydroxylation is 2. The zero-order valence-corrected chi connectivity index (χ0v) is 18.7. The van der Waals surface area contributed by atoms with Crippen LogP contribution in [0.15, 0.2) is 40.8 Å². The molecule has 1 aromatic carbocycles. The Morgan fingerprint density at radius 3 is 2.60 bits per heavy atom. The molecule has 6 heteroatoms. The molecule has 2 heterocycles. The monoisotopic (exact) mass is 423 g/mol. The molecule has 0 radical (unpaired) electrons. The molecule has 3 aromatic rings. The smallest absolute Gasteiger partial charge is 0.262 e. The highest BCUT2D eigenvalue weighted by molar-refractivity contribution is 7.17. The van der Waals surface area contributed by atoms with Crippen LogP contribution in [0.2, 0.25) is 0 Å². The number of carbonyl (C=O) groups is 1. The zero-order chi connectivity index (χ0) is 21.3. The van der Waals surface area contributed by atoms with Gasteiger partial charge < -0.3 is 4.90 Å². The Morgan fingerprint density at radius 1 is 1.23 bits per heavy atom. The van der Waals surface area contributed by atoms with Crippen molar-refractivity contribution in [1.29, 1.82) is 0 Å². The molecule has 4 rings (SSSR count). The molecule has 0 aliphatic heterocycles. The highest BCUT2D eigenvalue weighted by Gasteiger charge is 2.28. The van der Waals surface area contributed by atoms with E-state index in [0.29, 0.717) is 24.4 Å². The lowest BCUT2D eigenvalue weighted by atomic mass is 10.1. The van der Waals surface area contributed by atoms with E-state index in [2.05, 4.69) is 31.0 Å². The summed E-state index contributed by atoms with van der Waals surface area (Å²) in [5.74, 6) is 0.132. The van der Waals surface area contributed by atoms with Crippen LogP contribution in [-0.4, -0.2) is 32.4 Å². The van der Waals surface area contributed by atoms with Gasteiger partial charge in [0.2, 0.25) is 5.91 Å². The van der Waals surface area contributed by atoms with E-state index in [4.69, 9.17) is 0 Å². The van der Waals surface area contributed by atoms with E-state index in [1.165, 1.54) is 29.7 Å². The topological polar surface area (TPSA) is 55.2 Å². The molecule has 0 saturated heterocycles. The Labute approximate surface area is 181 Å². The summed E-state index contributed by atoms with van der Waals surface area (Å²) >= 11 is 1.49. The number of nitrogens with zero attached hydrogens (tertiary/aromatic N) is 3. The van der Waals surface area contributed by atoms with Crippen LogP contribution in [0.3, 0.4) is 0 Å². The lowest BCUT2D eigenvalue weighted by molar-refractivity contribution is -0.135. The van der Waals surface area contributed by atoms with Gasteiger partial charge in [-0.3, -0.25) is 14.2 Å². The van der Waals surface area contributed by atoms with Gasteiger partial charge in [-0.2, -0.15) is 0 Å². The Hall–Kier alpha value is -2.47. The van der Waals surface area contributed by atoms with E-state index in [9.17, 15) is 9.59 Å². The minimum absolute atomic E-state index is 0.0680. The summed E-state index contributed by atoms with van der Waals surface area (Å²) in [7, 11) is 0. The first-order chi connectivity index (χ1) is 14.5. The van der Waals surface area contributed by atoms with Gasteiger partial charge in [-0.05, 0) is 39.2 Å². The number of carbonyl (C=O) groups excluding carboxylic acids is 1. The van der Waals surface area contributed by atoms with Gasteiger partial charge in [0.05, 0.1) is 11.7 Å². The lowest BCUT2D eigenvalue weighted by Crippen LogP contribution is -2.44. The van der Waals surface area contributed by atoms with E-state index in [1.807, 2.05) is 29.3 Å². The van der Waals surface area contributed by atoms with Crippen molar-refractivity contribution in [2.24, 2.45) is 0 Å². The van der Waals surface area contributed by atoms with Gasteiger partial charge in [-0.15, -0.1) is 11.3 Å². The first kappa shape index (κ1) is 20.8. The van der Waals surface area contributed by atoms with E-state index >= 15 is 0 Å². The fourth-order valence-corrected chi connectivity index (χ4v) is 5.42. The second-order valence-electron chi connectivity index (χ2n) is 8.52. The van der Waals surface area contributed by atoms with Gasteiger partial charge in [-0.1, -0.05) is 42.7 Å². The number of thiophene rings is 1. The second kappa shape index (κ2) is 8.72. The normalized spacial score (nSPS) is 14.7. The van der Waals surface area contributed by atoms with Crippen molar-refractivity contribution < 1.29 is 4.79 Å². The molecule has 0 spiro atoms. The number of rotatable bonds is 6. The maximum Gasteiger partial charge on any atom is 0.262 e. The molecule has 1 aliphatic carbocycles. The van der Waals surface area contributed by atoms with Gasteiger partial charge in [0.15, 0.2) is 0 Å². The van der Waals surface area contributed by atoms with Crippen LogP contribution in [0.25, 0.3) is 21.3 Å². The molecule has 5 nitrogen and oxygen atoms in total. The quantitative estimate of drug-likeness (QED) is 0.560. The fourth-order valence-electron chi connectivity index (χ4n) is 4.51. The number of aromatic nitrogens is 2. The molecule has 30 heavy (non-hydrogen) atoms. The number of fused-ring (bicyclic) bond motifs is 1. The molecule has 158 valence electrons. The van der Waals surface area contributed by atoms with Crippen LogP contribution >= 0.6 is 11.3 Å². The first-order valence-electron chi connectivity index (χ1n) is 10.8. The van der Waals surface area contributed by atoms with E-state index in [0.717, 1.165) is 28.8 Å². The third-order valence-electron chi connectivity index (χ3n) is 6.05. The lowest BCUT2D eigenvalue weighted by Gasteiger charge is -2.33. The van der Waals surface area contributed by atoms with E-state index < -0.39 is 0 Å². The van der Waals surface area contributed by atoms with Crippen molar-refractivity contribution in [2.75, 3.05) is 0 Å². The number of benzene rings is 1. The van der Waals surface area contributed by atoms with Gasteiger partial charge in [0.25, 0.3) is 5.56 Å². The standard InChI is InChI=1S/C24H29N3O2S/c1-16(2)27(19-6-4-5-7-19)21(28)12-13-26-15-25-23-22(24(26)29)20(14-30-23)18-10-8-17(3)9-11-18/h8-11,14-16,19H,4-7,12-13H2,1-3H3. The van der Waals surface area contributed by atoms with Gasteiger partial charge in [0, 0.05) is 36.0 Å². The highest BCUT2D eigenvalue weighted by atomic mass is 32.1. The summed E-state index contributed by atoms with van der Waals surface area (Å²) in [6.45, 7) is 6.57. The zero-order valence-electron chi connectivity index (χ0n) is 17.9. The Kier molecular flexibility index (Phi) is 6.04. The van der Waals surface area contributed by atoms with Crippen LogP contribution in [0.5, 0.6) is 0 Å². The van der Waals surface area contributed by atoms with Crippen LogP contribution in [0.1, 0.15) is 51.5 Å². The average molecular weight is 424 g/mol. The van der Waals surface area contributed by atoms with Crippen molar-refractivity contribution in [3.63, 3.8) is 0 Å². The Bertz CT molecular complexity index is 1090. The van der Waals surface area contributed by atoms with Crippen molar-refractivity contribution in [3.8, 4) is 11.1 Å². The molecule has 1 aliphatic rings. The summed E-state index contributed by atoms with van der Waals surface area (Å²) in [6.07, 6.45) is 6.48. The summed E-state index contributed by atoms with van der Waals surface area (Å²) in [6, 6.07) is 8.72. The van der Waals surface area contributed by atoms with Crippen LogP contribution in [0.4, 0.5) is 0 Å². The molecular formula is C24H29N3O2S. The maximum absolute atomic E-state index is 13.2. The molecule has 0 N–H and O–H groups in total.